The molecule has 134 valence electrons. The molecule has 3 rings (SSSR count). The Morgan fingerprint density at radius 1 is 1.19 bits per heavy atom. The molecule has 7 nitrogen and oxygen atoms in total. The second-order valence-corrected chi connectivity index (χ2v) is 6.42. The molecule has 0 bridgehead atoms. The summed E-state index contributed by atoms with van der Waals surface area (Å²) >= 11 is 0. The van der Waals surface area contributed by atoms with Crippen molar-refractivity contribution in [3.63, 3.8) is 0 Å². The number of benzene rings is 1. The van der Waals surface area contributed by atoms with Gasteiger partial charge in [-0.25, -0.2) is 4.98 Å². The van der Waals surface area contributed by atoms with Crippen LogP contribution in [0.5, 0.6) is 0 Å². The lowest BCUT2D eigenvalue weighted by atomic mass is 10.0. The molecule has 3 aromatic rings. The van der Waals surface area contributed by atoms with Gasteiger partial charge in [0.05, 0.1) is 16.6 Å². The maximum absolute atomic E-state index is 13.0. The van der Waals surface area contributed by atoms with Crippen LogP contribution in [0.4, 0.5) is 0 Å². The van der Waals surface area contributed by atoms with E-state index in [0.29, 0.717) is 33.6 Å². The summed E-state index contributed by atoms with van der Waals surface area (Å²) < 4.78 is 5.23. The quantitative estimate of drug-likeness (QED) is 0.733. The zero-order chi connectivity index (χ0) is 18.8. The first-order valence-electron chi connectivity index (χ1n) is 8.30. The number of fused-ring (bicyclic) bond motifs is 1. The predicted molar refractivity (Wildman–Crippen MR) is 96.5 cm³/mol. The van der Waals surface area contributed by atoms with Crippen LogP contribution >= 0.6 is 0 Å². The SMILES string of the molecule is Cc1noc2nc(C(C)C)cc(C(=O)NC(C(N)=O)c3ccccc3)c12. The van der Waals surface area contributed by atoms with Crippen LogP contribution in [-0.2, 0) is 4.79 Å². The van der Waals surface area contributed by atoms with Crippen molar-refractivity contribution in [2.24, 2.45) is 5.73 Å². The van der Waals surface area contributed by atoms with Gasteiger partial charge in [0.2, 0.25) is 5.91 Å². The van der Waals surface area contributed by atoms with Crippen LogP contribution in [-0.4, -0.2) is 22.0 Å². The minimum atomic E-state index is -0.936. The average Bonchev–Trinajstić information content (AvgIpc) is 3.00. The second-order valence-electron chi connectivity index (χ2n) is 6.42. The minimum absolute atomic E-state index is 0.0948. The molecule has 0 fully saturated rings. The highest BCUT2D eigenvalue weighted by atomic mass is 16.5. The summed E-state index contributed by atoms with van der Waals surface area (Å²) in [5, 5.41) is 7.15. The average molecular weight is 352 g/mol. The van der Waals surface area contributed by atoms with Crippen LogP contribution in [0.15, 0.2) is 40.9 Å². The van der Waals surface area contributed by atoms with E-state index in [0.717, 1.165) is 0 Å². The van der Waals surface area contributed by atoms with E-state index in [1.54, 1.807) is 37.3 Å². The van der Waals surface area contributed by atoms with Crippen molar-refractivity contribution in [2.75, 3.05) is 0 Å². The number of hydrogen-bond donors (Lipinski definition) is 2. The lowest BCUT2D eigenvalue weighted by molar-refractivity contribution is -0.120. The number of nitrogens with one attached hydrogen (secondary N) is 1. The Morgan fingerprint density at radius 3 is 2.50 bits per heavy atom. The lowest BCUT2D eigenvalue weighted by Crippen LogP contribution is -2.37. The van der Waals surface area contributed by atoms with Crippen LogP contribution in [0.1, 0.15) is 53.1 Å². The molecule has 0 saturated heterocycles. The number of aryl methyl sites for hydroxylation is 1. The van der Waals surface area contributed by atoms with E-state index < -0.39 is 17.9 Å². The van der Waals surface area contributed by atoms with Crippen LogP contribution in [0.3, 0.4) is 0 Å². The van der Waals surface area contributed by atoms with E-state index in [-0.39, 0.29) is 5.92 Å². The van der Waals surface area contributed by atoms with Crippen molar-refractivity contribution in [3.8, 4) is 0 Å². The van der Waals surface area contributed by atoms with Gasteiger partial charge in [0.15, 0.2) is 0 Å². The maximum atomic E-state index is 13.0. The smallest absolute Gasteiger partial charge is 0.259 e. The molecule has 1 aromatic carbocycles. The third-order valence-corrected chi connectivity index (χ3v) is 4.17. The fourth-order valence-corrected chi connectivity index (χ4v) is 2.76. The summed E-state index contributed by atoms with van der Waals surface area (Å²) in [7, 11) is 0. The Kier molecular flexibility index (Phi) is 4.71. The number of rotatable bonds is 5. The third kappa shape index (κ3) is 3.28. The summed E-state index contributed by atoms with van der Waals surface area (Å²) in [4.78, 5) is 29.3. The summed E-state index contributed by atoms with van der Waals surface area (Å²) in [5.74, 6) is -0.975. The van der Waals surface area contributed by atoms with E-state index in [1.807, 2.05) is 19.9 Å². The van der Waals surface area contributed by atoms with Gasteiger partial charge in [-0.3, -0.25) is 9.59 Å². The van der Waals surface area contributed by atoms with Gasteiger partial charge in [0.1, 0.15) is 6.04 Å². The molecular formula is C19H20N4O3. The molecule has 2 heterocycles. The Morgan fingerprint density at radius 2 is 1.88 bits per heavy atom. The molecule has 1 unspecified atom stereocenters. The Hall–Kier alpha value is -3.22. The number of aromatic nitrogens is 2. The van der Waals surface area contributed by atoms with Gasteiger partial charge in [-0.2, -0.15) is 0 Å². The molecular weight excluding hydrogens is 332 g/mol. The molecule has 0 aliphatic heterocycles. The molecule has 7 heteroatoms. The number of amides is 2. The standard InChI is InChI=1S/C19H20N4O3/c1-10(2)14-9-13(15-11(3)23-26-19(15)21-14)18(25)22-16(17(20)24)12-7-5-4-6-8-12/h4-10,16H,1-3H3,(H2,20,24)(H,22,25). The van der Waals surface area contributed by atoms with Crippen LogP contribution < -0.4 is 11.1 Å². The number of carbonyl (C=O) groups excluding carboxylic acids is 2. The molecule has 0 aliphatic rings. The minimum Gasteiger partial charge on any atom is -0.368 e. The highest BCUT2D eigenvalue weighted by molar-refractivity contribution is 6.07. The lowest BCUT2D eigenvalue weighted by Gasteiger charge is -2.17. The van der Waals surface area contributed by atoms with Crippen LogP contribution in [0, 0.1) is 6.92 Å². The molecule has 2 aromatic heterocycles. The van der Waals surface area contributed by atoms with Crippen molar-refractivity contribution >= 4 is 22.9 Å². The molecule has 1 atom stereocenters. The zero-order valence-electron chi connectivity index (χ0n) is 14.8. The zero-order valence-corrected chi connectivity index (χ0v) is 14.8. The summed E-state index contributed by atoms with van der Waals surface area (Å²) in [6.45, 7) is 5.67. The highest BCUT2D eigenvalue weighted by Crippen LogP contribution is 2.25. The first-order chi connectivity index (χ1) is 12.4. The number of carbonyl (C=O) groups is 2. The number of hydrogen-bond acceptors (Lipinski definition) is 5. The van der Waals surface area contributed by atoms with Gasteiger partial charge in [-0.1, -0.05) is 49.3 Å². The predicted octanol–water partition coefficient (Wildman–Crippen LogP) is 2.61. The maximum Gasteiger partial charge on any atom is 0.259 e. The summed E-state index contributed by atoms with van der Waals surface area (Å²) in [6, 6.07) is 9.63. The third-order valence-electron chi connectivity index (χ3n) is 4.17. The van der Waals surface area contributed by atoms with E-state index in [9.17, 15) is 9.59 Å². The number of primary amides is 1. The van der Waals surface area contributed by atoms with Crippen LogP contribution in [0.2, 0.25) is 0 Å². The second kappa shape index (κ2) is 6.95. The Balaban J connectivity index is 2.03. The van der Waals surface area contributed by atoms with Crippen molar-refractivity contribution in [1.82, 2.24) is 15.5 Å². The first-order valence-corrected chi connectivity index (χ1v) is 8.30. The number of pyridine rings is 1. The molecule has 3 N–H and O–H groups in total. The molecule has 0 radical (unpaired) electrons. The van der Waals surface area contributed by atoms with Gasteiger partial charge in [-0.15, -0.1) is 0 Å². The monoisotopic (exact) mass is 352 g/mol. The topological polar surface area (TPSA) is 111 Å². The molecule has 0 aliphatic carbocycles. The van der Waals surface area contributed by atoms with Crippen molar-refractivity contribution in [1.29, 1.82) is 0 Å². The number of nitrogens with zero attached hydrogens (tertiary/aromatic N) is 2. The van der Waals surface area contributed by atoms with Gasteiger partial charge in [0, 0.05) is 5.69 Å². The fraction of sp³-hybridized carbons (Fsp3) is 0.263. The van der Waals surface area contributed by atoms with E-state index >= 15 is 0 Å². The summed E-state index contributed by atoms with van der Waals surface area (Å²) in [6.07, 6.45) is 0. The fourth-order valence-electron chi connectivity index (χ4n) is 2.76. The van der Waals surface area contributed by atoms with Crippen molar-refractivity contribution in [2.45, 2.75) is 32.7 Å². The molecule has 2 amide bonds. The summed E-state index contributed by atoms with van der Waals surface area (Å²) in [5.41, 5.74) is 8.04. The van der Waals surface area contributed by atoms with Crippen molar-refractivity contribution in [3.05, 3.63) is 58.9 Å². The van der Waals surface area contributed by atoms with Crippen LogP contribution in [0.25, 0.3) is 11.1 Å². The van der Waals surface area contributed by atoms with E-state index in [4.69, 9.17) is 10.3 Å². The largest absolute Gasteiger partial charge is 0.368 e. The van der Waals surface area contributed by atoms with Gasteiger partial charge >= 0.3 is 0 Å². The highest BCUT2D eigenvalue weighted by Gasteiger charge is 2.24. The van der Waals surface area contributed by atoms with Crippen molar-refractivity contribution < 1.29 is 14.1 Å². The van der Waals surface area contributed by atoms with Gasteiger partial charge in [0.25, 0.3) is 11.6 Å². The number of nitrogens with two attached hydrogens (primary N) is 1. The van der Waals surface area contributed by atoms with Gasteiger partial charge < -0.3 is 15.6 Å². The Bertz CT molecular complexity index is 964. The van der Waals surface area contributed by atoms with E-state index in [1.165, 1.54) is 0 Å². The van der Waals surface area contributed by atoms with E-state index in [2.05, 4.69) is 15.5 Å². The normalized spacial score (nSPS) is 12.3. The molecule has 26 heavy (non-hydrogen) atoms. The molecule has 0 spiro atoms. The molecule has 0 saturated carbocycles. The first kappa shape index (κ1) is 17.6. The van der Waals surface area contributed by atoms with Gasteiger partial charge in [-0.05, 0) is 24.5 Å². The Labute approximate surface area is 150 Å².